The van der Waals surface area contributed by atoms with Crippen molar-refractivity contribution in [2.45, 2.75) is 26.3 Å². The highest BCUT2D eigenvalue weighted by Gasteiger charge is 2.26. The third-order valence-electron chi connectivity index (χ3n) is 4.25. The number of carboxylic acids is 1. The molecule has 0 bridgehead atoms. The summed E-state index contributed by atoms with van der Waals surface area (Å²) in [7, 11) is 3.37. The molecule has 2 rings (SSSR count). The summed E-state index contributed by atoms with van der Waals surface area (Å²) in [6.45, 7) is 3.71. The fourth-order valence-corrected chi connectivity index (χ4v) is 2.57. The minimum absolute atomic E-state index is 0.147. The van der Waals surface area contributed by atoms with Gasteiger partial charge in [-0.15, -0.1) is 0 Å². The molecule has 1 heterocycles. The van der Waals surface area contributed by atoms with Crippen LogP contribution in [-0.4, -0.2) is 34.7 Å². The van der Waals surface area contributed by atoms with Gasteiger partial charge in [0.05, 0.1) is 7.11 Å². The number of aryl methyl sites for hydroxylation is 1. The summed E-state index contributed by atoms with van der Waals surface area (Å²) in [5.41, 5.74) is 1.30. The molecule has 0 fully saturated rings. The van der Waals surface area contributed by atoms with Gasteiger partial charge < -0.3 is 19.7 Å². The zero-order chi connectivity index (χ0) is 17.1. The predicted octanol–water partition coefficient (Wildman–Crippen LogP) is 2.42. The van der Waals surface area contributed by atoms with E-state index in [1.54, 1.807) is 24.8 Å². The van der Waals surface area contributed by atoms with E-state index >= 15 is 0 Å². The minimum Gasteiger partial charge on any atom is -0.497 e. The van der Waals surface area contributed by atoms with E-state index in [0.717, 1.165) is 10.9 Å². The topological polar surface area (TPSA) is 80.6 Å². The number of benzene rings is 1. The number of aliphatic carboxylic acids is 1. The highest BCUT2D eigenvalue weighted by molar-refractivity contribution is 6.00. The lowest BCUT2D eigenvalue weighted by Crippen LogP contribution is -2.45. The fraction of sp³-hybridized carbons (Fsp3) is 0.412. The number of methoxy groups -OCH3 is 1. The highest BCUT2D eigenvalue weighted by Crippen LogP contribution is 2.24. The Labute approximate surface area is 135 Å². The Morgan fingerprint density at radius 3 is 2.61 bits per heavy atom. The summed E-state index contributed by atoms with van der Waals surface area (Å²) in [5.74, 6) is -0.854. The molecule has 0 aliphatic carbocycles. The van der Waals surface area contributed by atoms with Gasteiger partial charge in [0.15, 0.2) is 0 Å². The van der Waals surface area contributed by atoms with Crippen LogP contribution in [0.3, 0.4) is 0 Å². The minimum atomic E-state index is -1.02. The van der Waals surface area contributed by atoms with E-state index in [1.165, 1.54) is 0 Å². The molecule has 0 aliphatic heterocycles. The van der Waals surface area contributed by atoms with Gasteiger partial charge in [0.25, 0.3) is 5.91 Å². The van der Waals surface area contributed by atoms with Crippen LogP contribution in [0.2, 0.25) is 0 Å². The summed E-state index contributed by atoms with van der Waals surface area (Å²) < 4.78 is 6.94. The number of hydrogen-bond donors (Lipinski definition) is 2. The summed E-state index contributed by atoms with van der Waals surface area (Å²) in [6.07, 6.45) is 0.670. The molecule has 0 saturated heterocycles. The van der Waals surface area contributed by atoms with Crippen LogP contribution in [0.25, 0.3) is 10.9 Å². The number of carbonyl (C=O) groups excluding carboxylic acids is 1. The number of fused-ring (bicyclic) bond motifs is 1. The Kier molecular flexibility index (Phi) is 4.93. The Morgan fingerprint density at radius 2 is 2.04 bits per heavy atom. The Hall–Kier alpha value is -2.50. The zero-order valence-electron chi connectivity index (χ0n) is 13.8. The number of amides is 1. The van der Waals surface area contributed by atoms with Crippen LogP contribution in [0.15, 0.2) is 24.3 Å². The number of nitrogens with one attached hydrogen (secondary N) is 1. The van der Waals surface area contributed by atoms with E-state index in [4.69, 9.17) is 4.74 Å². The number of ether oxygens (including phenoxy) is 1. The second-order valence-corrected chi connectivity index (χ2v) is 5.69. The first-order chi connectivity index (χ1) is 10.9. The molecule has 124 valence electrons. The molecule has 2 aromatic rings. The van der Waals surface area contributed by atoms with E-state index < -0.39 is 17.9 Å². The second-order valence-electron chi connectivity index (χ2n) is 5.69. The molecular weight excluding hydrogens is 296 g/mol. The molecule has 0 aliphatic rings. The molecule has 1 aromatic carbocycles. The average Bonchev–Trinajstić information content (AvgIpc) is 2.87. The van der Waals surface area contributed by atoms with Gasteiger partial charge in [-0.25, -0.2) is 4.79 Å². The molecule has 0 saturated carbocycles. The van der Waals surface area contributed by atoms with Crippen molar-refractivity contribution < 1.29 is 19.4 Å². The van der Waals surface area contributed by atoms with Crippen LogP contribution >= 0.6 is 0 Å². The highest BCUT2D eigenvalue weighted by atomic mass is 16.5. The lowest BCUT2D eigenvalue weighted by molar-refractivity contribution is -0.140. The number of carboxylic acid groups (broad SMARTS) is 1. The van der Waals surface area contributed by atoms with Gasteiger partial charge in [-0.1, -0.05) is 20.3 Å². The Bertz CT molecular complexity index is 736. The molecule has 2 N–H and O–H groups in total. The fourth-order valence-electron chi connectivity index (χ4n) is 2.57. The van der Waals surface area contributed by atoms with E-state index in [1.807, 2.05) is 32.0 Å². The zero-order valence-corrected chi connectivity index (χ0v) is 13.8. The van der Waals surface area contributed by atoms with Gasteiger partial charge in [0.1, 0.15) is 17.5 Å². The summed E-state index contributed by atoms with van der Waals surface area (Å²) in [4.78, 5) is 23.9. The molecule has 1 aromatic heterocycles. The van der Waals surface area contributed by atoms with Crippen LogP contribution in [0.5, 0.6) is 5.75 Å². The van der Waals surface area contributed by atoms with Crippen molar-refractivity contribution in [3.63, 3.8) is 0 Å². The first-order valence-corrected chi connectivity index (χ1v) is 7.56. The third-order valence-corrected chi connectivity index (χ3v) is 4.25. The van der Waals surface area contributed by atoms with Gasteiger partial charge >= 0.3 is 5.97 Å². The van der Waals surface area contributed by atoms with Gasteiger partial charge in [0, 0.05) is 18.0 Å². The standard InChI is InChI=1S/C17H22N2O4/c1-5-10(2)15(17(21)22)18-16(20)14-9-11-8-12(23-4)6-7-13(11)19(14)3/h6-10,15H,5H2,1-4H3,(H,18,20)(H,21,22)/t10-,15+/m1/s1. The van der Waals surface area contributed by atoms with E-state index in [-0.39, 0.29) is 5.92 Å². The van der Waals surface area contributed by atoms with Gasteiger partial charge in [0.2, 0.25) is 0 Å². The van der Waals surface area contributed by atoms with Crippen molar-refractivity contribution >= 4 is 22.8 Å². The van der Waals surface area contributed by atoms with Crippen LogP contribution in [0, 0.1) is 5.92 Å². The lowest BCUT2D eigenvalue weighted by Gasteiger charge is -2.20. The summed E-state index contributed by atoms with van der Waals surface area (Å²) >= 11 is 0. The van der Waals surface area contributed by atoms with E-state index in [9.17, 15) is 14.7 Å². The molecule has 23 heavy (non-hydrogen) atoms. The van der Waals surface area contributed by atoms with Crippen molar-refractivity contribution in [2.24, 2.45) is 13.0 Å². The van der Waals surface area contributed by atoms with Crippen LogP contribution < -0.4 is 10.1 Å². The first-order valence-electron chi connectivity index (χ1n) is 7.56. The molecule has 1 amide bonds. The number of nitrogens with zero attached hydrogens (tertiary/aromatic N) is 1. The van der Waals surface area contributed by atoms with Crippen molar-refractivity contribution in [3.05, 3.63) is 30.0 Å². The number of aromatic nitrogens is 1. The van der Waals surface area contributed by atoms with Crippen LogP contribution in [0.4, 0.5) is 0 Å². The summed E-state index contributed by atoms with van der Waals surface area (Å²) in [6, 6.07) is 6.37. The average molecular weight is 318 g/mol. The molecule has 6 nitrogen and oxygen atoms in total. The normalized spacial score (nSPS) is 13.6. The van der Waals surface area contributed by atoms with E-state index in [2.05, 4.69) is 5.32 Å². The van der Waals surface area contributed by atoms with Crippen molar-refractivity contribution in [1.29, 1.82) is 0 Å². The number of carbonyl (C=O) groups is 2. The largest absolute Gasteiger partial charge is 0.497 e. The maximum absolute atomic E-state index is 12.5. The number of rotatable bonds is 6. The predicted molar refractivity (Wildman–Crippen MR) is 87.8 cm³/mol. The monoisotopic (exact) mass is 318 g/mol. The molecule has 0 unspecified atom stereocenters. The molecule has 2 atom stereocenters. The lowest BCUT2D eigenvalue weighted by atomic mass is 9.99. The van der Waals surface area contributed by atoms with Crippen LogP contribution in [0.1, 0.15) is 30.8 Å². The number of hydrogen-bond acceptors (Lipinski definition) is 3. The van der Waals surface area contributed by atoms with Crippen LogP contribution in [-0.2, 0) is 11.8 Å². The molecular formula is C17H22N2O4. The maximum atomic E-state index is 12.5. The van der Waals surface area contributed by atoms with Crippen molar-refractivity contribution in [2.75, 3.05) is 7.11 Å². The van der Waals surface area contributed by atoms with E-state index in [0.29, 0.717) is 17.9 Å². The molecule has 0 radical (unpaired) electrons. The Balaban J connectivity index is 2.33. The second kappa shape index (κ2) is 6.73. The SMILES string of the molecule is CC[C@@H](C)[C@H](NC(=O)c1cc2cc(OC)ccc2n1C)C(=O)O. The smallest absolute Gasteiger partial charge is 0.326 e. The third kappa shape index (κ3) is 3.31. The summed E-state index contributed by atoms with van der Waals surface area (Å²) in [5, 5.41) is 12.8. The van der Waals surface area contributed by atoms with Gasteiger partial charge in [-0.05, 0) is 30.2 Å². The van der Waals surface area contributed by atoms with Gasteiger partial charge in [-0.3, -0.25) is 4.79 Å². The molecule has 0 spiro atoms. The maximum Gasteiger partial charge on any atom is 0.326 e. The quantitative estimate of drug-likeness (QED) is 0.857. The Morgan fingerprint density at radius 1 is 1.35 bits per heavy atom. The first kappa shape index (κ1) is 16.9. The van der Waals surface area contributed by atoms with Crippen molar-refractivity contribution in [3.8, 4) is 5.75 Å². The molecule has 6 heteroatoms. The van der Waals surface area contributed by atoms with Gasteiger partial charge in [-0.2, -0.15) is 0 Å². The van der Waals surface area contributed by atoms with Crippen molar-refractivity contribution in [1.82, 2.24) is 9.88 Å².